The molecule has 0 aliphatic rings. The molecular formula is C11H22N4. The topological polar surface area (TPSA) is 53.6 Å². The van der Waals surface area contributed by atoms with Crippen LogP contribution in [0.2, 0.25) is 0 Å². The summed E-state index contributed by atoms with van der Waals surface area (Å²) < 4.78 is 0. The third-order valence-corrected chi connectivity index (χ3v) is 2.43. The third kappa shape index (κ3) is 4.93. The summed E-state index contributed by atoms with van der Waals surface area (Å²) in [6.07, 6.45) is 2.47. The number of hydrogen-bond acceptors (Lipinski definition) is 3. The lowest BCUT2D eigenvalue weighted by atomic mass is 10.0. The summed E-state index contributed by atoms with van der Waals surface area (Å²) >= 11 is 0. The third-order valence-electron chi connectivity index (χ3n) is 2.43. The van der Waals surface area contributed by atoms with Gasteiger partial charge in [-0.25, -0.2) is 4.98 Å². The molecule has 1 heterocycles. The van der Waals surface area contributed by atoms with Crippen LogP contribution in [0.15, 0.2) is 0 Å². The molecule has 4 nitrogen and oxygen atoms in total. The van der Waals surface area contributed by atoms with E-state index in [0.29, 0.717) is 6.04 Å². The number of nitrogens with zero attached hydrogens (tertiary/aromatic N) is 2. The second-order valence-corrected chi connectivity index (χ2v) is 4.59. The monoisotopic (exact) mass is 210 g/mol. The summed E-state index contributed by atoms with van der Waals surface area (Å²) in [4.78, 5) is 4.25. The molecule has 0 aromatic carbocycles. The fourth-order valence-electron chi connectivity index (χ4n) is 1.42. The van der Waals surface area contributed by atoms with Crippen LogP contribution in [0, 0.1) is 12.8 Å². The van der Waals surface area contributed by atoms with Gasteiger partial charge in [-0.3, -0.25) is 5.10 Å². The van der Waals surface area contributed by atoms with E-state index in [4.69, 9.17) is 0 Å². The largest absolute Gasteiger partial charge is 0.307 e. The molecule has 0 bridgehead atoms. The smallest absolute Gasteiger partial charge is 0.164 e. The molecule has 0 radical (unpaired) electrons. The molecule has 0 aliphatic carbocycles. The molecule has 4 heteroatoms. The highest BCUT2D eigenvalue weighted by Gasteiger charge is 2.05. The Kier molecular flexibility index (Phi) is 4.75. The molecule has 1 rings (SSSR count). The van der Waals surface area contributed by atoms with Gasteiger partial charge in [0.2, 0.25) is 0 Å². The maximum atomic E-state index is 4.25. The molecule has 15 heavy (non-hydrogen) atoms. The standard InChI is InChI=1S/C11H22N4/c1-8(2)5-6-9(3)12-7-11-13-10(4)14-15-11/h8-9,12H,5-7H2,1-4H3,(H,13,14,15). The molecule has 1 unspecified atom stereocenters. The van der Waals surface area contributed by atoms with Crippen molar-refractivity contribution in [3.63, 3.8) is 0 Å². The summed E-state index contributed by atoms with van der Waals surface area (Å²) in [7, 11) is 0. The summed E-state index contributed by atoms with van der Waals surface area (Å²) in [6, 6.07) is 0.534. The van der Waals surface area contributed by atoms with Gasteiger partial charge < -0.3 is 5.32 Å². The Labute approximate surface area is 91.9 Å². The molecule has 1 aromatic heterocycles. The first-order valence-electron chi connectivity index (χ1n) is 5.69. The van der Waals surface area contributed by atoms with Crippen molar-refractivity contribution >= 4 is 0 Å². The van der Waals surface area contributed by atoms with Crippen LogP contribution < -0.4 is 5.32 Å². The van der Waals surface area contributed by atoms with Gasteiger partial charge in [-0.2, -0.15) is 5.10 Å². The number of aromatic amines is 1. The average molecular weight is 210 g/mol. The van der Waals surface area contributed by atoms with Gasteiger partial charge in [-0.05, 0) is 32.6 Å². The van der Waals surface area contributed by atoms with E-state index in [1.165, 1.54) is 12.8 Å². The Morgan fingerprint density at radius 3 is 2.53 bits per heavy atom. The molecule has 0 spiro atoms. The Balaban J connectivity index is 2.19. The van der Waals surface area contributed by atoms with E-state index < -0.39 is 0 Å². The minimum atomic E-state index is 0.534. The zero-order valence-electron chi connectivity index (χ0n) is 10.2. The molecule has 0 saturated carbocycles. The minimum absolute atomic E-state index is 0.534. The summed E-state index contributed by atoms with van der Waals surface area (Å²) in [5.41, 5.74) is 0. The highest BCUT2D eigenvalue weighted by molar-refractivity contribution is 4.87. The van der Waals surface area contributed by atoms with E-state index in [1.807, 2.05) is 6.92 Å². The number of nitrogens with one attached hydrogen (secondary N) is 2. The molecule has 0 saturated heterocycles. The van der Waals surface area contributed by atoms with Gasteiger partial charge in [-0.1, -0.05) is 13.8 Å². The molecular weight excluding hydrogens is 188 g/mol. The van der Waals surface area contributed by atoms with Crippen LogP contribution in [0.1, 0.15) is 45.3 Å². The SMILES string of the molecule is Cc1nc(CNC(C)CCC(C)C)n[nH]1. The maximum Gasteiger partial charge on any atom is 0.164 e. The van der Waals surface area contributed by atoms with Crippen molar-refractivity contribution in [3.8, 4) is 0 Å². The van der Waals surface area contributed by atoms with E-state index in [-0.39, 0.29) is 0 Å². The average Bonchev–Trinajstić information content (AvgIpc) is 2.58. The predicted molar refractivity (Wildman–Crippen MR) is 61.5 cm³/mol. The number of rotatable bonds is 6. The zero-order valence-corrected chi connectivity index (χ0v) is 10.2. The number of aromatic nitrogens is 3. The fraction of sp³-hybridized carbons (Fsp3) is 0.818. The van der Waals surface area contributed by atoms with Gasteiger partial charge in [0.05, 0.1) is 6.54 Å². The first kappa shape index (κ1) is 12.2. The zero-order chi connectivity index (χ0) is 11.3. The number of aryl methyl sites for hydroxylation is 1. The highest BCUT2D eigenvalue weighted by atomic mass is 15.2. The van der Waals surface area contributed by atoms with Crippen LogP contribution in [0.4, 0.5) is 0 Å². The molecule has 0 aliphatic heterocycles. The van der Waals surface area contributed by atoms with Gasteiger partial charge in [0.1, 0.15) is 5.82 Å². The van der Waals surface area contributed by atoms with Crippen LogP contribution in [0.5, 0.6) is 0 Å². The first-order chi connectivity index (χ1) is 7.08. The molecule has 86 valence electrons. The van der Waals surface area contributed by atoms with Crippen LogP contribution in [-0.2, 0) is 6.54 Å². The van der Waals surface area contributed by atoms with Gasteiger partial charge in [0.15, 0.2) is 5.82 Å². The second-order valence-electron chi connectivity index (χ2n) is 4.59. The normalized spacial score (nSPS) is 13.4. The Morgan fingerprint density at radius 2 is 2.00 bits per heavy atom. The van der Waals surface area contributed by atoms with Gasteiger partial charge in [-0.15, -0.1) is 0 Å². The van der Waals surface area contributed by atoms with Crippen LogP contribution in [0.3, 0.4) is 0 Å². The van der Waals surface area contributed by atoms with Gasteiger partial charge >= 0.3 is 0 Å². The molecule has 1 atom stereocenters. The van der Waals surface area contributed by atoms with Crippen molar-refractivity contribution in [1.82, 2.24) is 20.5 Å². The van der Waals surface area contributed by atoms with E-state index in [9.17, 15) is 0 Å². The van der Waals surface area contributed by atoms with E-state index in [0.717, 1.165) is 24.1 Å². The van der Waals surface area contributed by atoms with Gasteiger partial charge in [0.25, 0.3) is 0 Å². The minimum Gasteiger partial charge on any atom is -0.307 e. The number of H-pyrrole nitrogens is 1. The van der Waals surface area contributed by atoms with Crippen molar-refractivity contribution in [2.45, 2.75) is 53.1 Å². The Bertz CT molecular complexity index is 280. The molecule has 2 N–H and O–H groups in total. The van der Waals surface area contributed by atoms with Crippen LogP contribution in [0.25, 0.3) is 0 Å². The lowest BCUT2D eigenvalue weighted by Gasteiger charge is -2.13. The molecule has 0 amide bonds. The second kappa shape index (κ2) is 5.85. The van der Waals surface area contributed by atoms with Crippen molar-refractivity contribution < 1.29 is 0 Å². The van der Waals surface area contributed by atoms with E-state index >= 15 is 0 Å². The lowest BCUT2D eigenvalue weighted by molar-refractivity contribution is 0.446. The quantitative estimate of drug-likeness (QED) is 0.755. The summed E-state index contributed by atoms with van der Waals surface area (Å²) in [5, 5.41) is 10.3. The van der Waals surface area contributed by atoms with Crippen molar-refractivity contribution in [2.24, 2.45) is 5.92 Å². The van der Waals surface area contributed by atoms with E-state index in [2.05, 4.69) is 41.3 Å². The van der Waals surface area contributed by atoms with Crippen molar-refractivity contribution in [1.29, 1.82) is 0 Å². The predicted octanol–water partition coefficient (Wildman–Crippen LogP) is 2.03. The Hall–Kier alpha value is -0.900. The van der Waals surface area contributed by atoms with E-state index in [1.54, 1.807) is 0 Å². The maximum absolute atomic E-state index is 4.25. The fourth-order valence-corrected chi connectivity index (χ4v) is 1.42. The van der Waals surface area contributed by atoms with Crippen LogP contribution in [-0.4, -0.2) is 21.2 Å². The summed E-state index contributed by atoms with van der Waals surface area (Å²) in [5.74, 6) is 2.51. The van der Waals surface area contributed by atoms with Crippen LogP contribution >= 0.6 is 0 Å². The lowest BCUT2D eigenvalue weighted by Crippen LogP contribution is -2.26. The molecule has 1 aromatic rings. The highest BCUT2D eigenvalue weighted by Crippen LogP contribution is 2.06. The van der Waals surface area contributed by atoms with Crippen molar-refractivity contribution in [2.75, 3.05) is 0 Å². The molecule has 0 fully saturated rings. The first-order valence-corrected chi connectivity index (χ1v) is 5.69. The number of hydrogen-bond donors (Lipinski definition) is 2. The van der Waals surface area contributed by atoms with Gasteiger partial charge in [0, 0.05) is 6.04 Å². The summed E-state index contributed by atoms with van der Waals surface area (Å²) in [6.45, 7) is 9.39. The Morgan fingerprint density at radius 1 is 1.27 bits per heavy atom. The van der Waals surface area contributed by atoms with Crippen molar-refractivity contribution in [3.05, 3.63) is 11.6 Å².